The lowest BCUT2D eigenvalue weighted by atomic mass is 10.5. The third-order valence-corrected chi connectivity index (χ3v) is 1.39. The highest BCUT2D eigenvalue weighted by molar-refractivity contribution is 5.70. The van der Waals surface area contributed by atoms with Crippen LogP contribution in [0.2, 0.25) is 0 Å². The molecule has 0 atom stereocenters. The van der Waals surface area contributed by atoms with Crippen LogP contribution in [0, 0.1) is 0 Å². The Hall–Kier alpha value is -1.16. The maximum Gasteiger partial charge on any atom is 0.169 e. The predicted molar refractivity (Wildman–Crippen MR) is 41.5 cm³/mol. The Morgan fingerprint density at radius 3 is 3.18 bits per heavy atom. The van der Waals surface area contributed by atoms with E-state index in [9.17, 15) is 4.79 Å². The molecule has 0 aromatic carbocycles. The molecule has 0 unspecified atom stereocenters. The Bertz CT molecular complexity index is 231. The van der Waals surface area contributed by atoms with Gasteiger partial charge in [-0.2, -0.15) is 0 Å². The topological polar surface area (TPSA) is 46.9 Å². The molecule has 0 saturated carbocycles. The molecule has 1 aromatic rings. The third-order valence-electron chi connectivity index (χ3n) is 1.39. The summed E-state index contributed by atoms with van der Waals surface area (Å²) in [6, 6.07) is 0. The zero-order valence-corrected chi connectivity index (χ0v) is 6.45. The van der Waals surface area contributed by atoms with Gasteiger partial charge in [0.2, 0.25) is 0 Å². The van der Waals surface area contributed by atoms with Gasteiger partial charge in [0.15, 0.2) is 6.29 Å². The second-order valence-electron chi connectivity index (χ2n) is 2.26. The van der Waals surface area contributed by atoms with E-state index >= 15 is 0 Å². The Morgan fingerprint density at radius 2 is 2.64 bits per heavy atom. The predicted octanol–water partition coefficient (Wildman–Crippen LogP) is -0.0850. The van der Waals surface area contributed by atoms with Crippen LogP contribution in [-0.4, -0.2) is 29.4 Å². The van der Waals surface area contributed by atoms with Crippen molar-refractivity contribution in [3.8, 4) is 0 Å². The van der Waals surface area contributed by atoms with Gasteiger partial charge >= 0.3 is 0 Å². The number of nitrogens with one attached hydrogen (secondary N) is 1. The van der Waals surface area contributed by atoms with Crippen LogP contribution in [0.4, 0.5) is 0 Å². The first-order chi connectivity index (χ1) is 5.36. The molecule has 1 N–H and O–H groups in total. The molecule has 0 radical (unpaired) electrons. The van der Waals surface area contributed by atoms with E-state index in [0.717, 1.165) is 19.4 Å². The molecule has 11 heavy (non-hydrogen) atoms. The quantitative estimate of drug-likeness (QED) is 0.615. The number of imidazole rings is 1. The van der Waals surface area contributed by atoms with E-state index in [-0.39, 0.29) is 0 Å². The van der Waals surface area contributed by atoms with Gasteiger partial charge < -0.3 is 9.88 Å². The average Bonchev–Trinajstić information content (AvgIpc) is 2.48. The van der Waals surface area contributed by atoms with E-state index < -0.39 is 0 Å². The van der Waals surface area contributed by atoms with Crippen LogP contribution in [0.3, 0.4) is 0 Å². The van der Waals surface area contributed by atoms with Crippen molar-refractivity contribution in [2.24, 2.45) is 0 Å². The van der Waals surface area contributed by atoms with E-state index in [2.05, 4.69) is 10.3 Å². The molecular weight excluding hydrogens is 142 g/mol. The fraction of sp³-hybridized carbons (Fsp3) is 0.429. The van der Waals surface area contributed by atoms with Crippen LogP contribution >= 0.6 is 0 Å². The fourth-order valence-electron chi connectivity index (χ4n) is 0.801. The largest absolute Gasteiger partial charge is 0.335 e. The number of carbonyl (C=O) groups excluding carboxylic acids is 1. The molecule has 0 amide bonds. The summed E-state index contributed by atoms with van der Waals surface area (Å²) in [5.74, 6) is 0. The second-order valence-corrected chi connectivity index (χ2v) is 2.26. The lowest BCUT2D eigenvalue weighted by Crippen LogP contribution is -2.13. The van der Waals surface area contributed by atoms with Crippen LogP contribution in [0.15, 0.2) is 12.5 Å². The second kappa shape index (κ2) is 3.88. The van der Waals surface area contributed by atoms with Crippen LogP contribution in [0.25, 0.3) is 0 Å². The van der Waals surface area contributed by atoms with E-state index in [1.54, 1.807) is 12.5 Å². The van der Waals surface area contributed by atoms with E-state index in [0.29, 0.717) is 5.69 Å². The summed E-state index contributed by atoms with van der Waals surface area (Å²) in [5, 5.41) is 3.01. The van der Waals surface area contributed by atoms with Gasteiger partial charge in [0.1, 0.15) is 5.69 Å². The Morgan fingerprint density at radius 1 is 1.82 bits per heavy atom. The Labute approximate surface area is 65.2 Å². The molecule has 0 fully saturated rings. The number of aldehydes is 1. The summed E-state index contributed by atoms with van der Waals surface area (Å²) in [6.45, 7) is 1.73. The van der Waals surface area contributed by atoms with Gasteiger partial charge in [-0.1, -0.05) is 0 Å². The highest BCUT2D eigenvalue weighted by atomic mass is 16.1. The van der Waals surface area contributed by atoms with Crippen molar-refractivity contribution in [3.05, 3.63) is 18.2 Å². The maximum absolute atomic E-state index is 10.2. The number of likely N-dealkylation sites (N-methyl/N-ethyl adjacent to an activating group) is 1. The van der Waals surface area contributed by atoms with Gasteiger partial charge in [0.05, 0.1) is 6.33 Å². The molecule has 1 rings (SSSR count). The van der Waals surface area contributed by atoms with Crippen LogP contribution < -0.4 is 5.32 Å². The van der Waals surface area contributed by atoms with Crippen LogP contribution in [0.1, 0.15) is 10.5 Å². The molecule has 4 nitrogen and oxygen atoms in total. The smallest absolute Gasteiger partial charge is 0.169 e. The molecule has 0 aliphatic rings. The number of rotatable bonds is 4. The first kappa shape index (κ1) is 7.94. The summed E-state index contributed by atoms with van der Waals surface area (Å²) >= 11 is 0. The average molecular weight is 153 g/mol. The van der Waals surface area contributed by atoms with Gasteiger partial charge in [-0.05, 0) is 7.05 Å². The summed E-state index contributed by atoms with van der Waals surface area (Å²) in [5.41, 5.74) is 0.487. The number of hydrogen-bond donors (Lipinski definition) is 1. The molecule has 1 heterocycles. The third kappa shape index (κ3) is 2.16. The van der Waals surface area contributed by atoms with Crippen molar-refractivity contribution in [2.75, 3.05) is 13.6 Å². The molecule has 1 aromatic heterocycles. The molecule has 4 heteroatoms. The summed E-state index contributed by atoms with van der Waals surface area (Å²) < 4.78 is 1.88. The van der Waals surface area contributed by atoms with Crippen LogP contribution in [-0.2, 0) is 6.54 Å². The van der Waals surface area contributed by atoms with E-state index in [4.69, 9.17) is 0 Å². The van der Waals surface area contributed by atoms with Crippen molar-refractivity contribution in [3.63, 3.8) is 0 Å². The lowest BCUT2D eigenvalue weighted by Gasteiger charge is -1.98. The van der Waals surface area contributed by atoms with Gasteiger partial charge in [0, 0.05) is 19.3 Å². The molecule has 0 spiro atoms. The van der Waals surface area contributed by atoms with Gasteiger partial charge in [-0.3, -0.25) is 4.79 Å². The molecule has 0 aliphatic heterocycles. The van der Waals surface area contributed by atoms with Gasteiger partial charge in [-0.25, -0.2) is 4.98 Å². The number of hydrogen-bond acceptors (Lipinski definition) is 3. The zero-order chi connectivity index (χ0) is 8.10. The first-order valence-electron chi connectivity index (χ1n) is 3.48. The SMILES string of the molecule is CNCCn1cnc(C=O)c1. The zero-order valence-electron chi connectivity index (χ0n) is 6.45. The van der Waals surface area contributed by atoms with Crippen molar-refractivity contribution in [1.29, 1.82) is 0 Å². The summed E-state index contributed by atoms with van der Waals surface area (Å²) in [7, 11) is 1.89. The molecular formula is C7H11N3O. The number of carbonyl (C=O) groups is 1. The van der Waals surface area contributed by atoms with Crippen molar-refractivity contribution >= 4 is 6.29 Å². The van der Waals surface area contributed by atoms with Crippen LogP contribution in [0.5, 0.6) is 0 Å². The molecule has 0 aliphatic carbocycles. The van der Waals surface area contributed by atoms with Crippen molar-refractivity contribution < 1.29 is 4.79 Å². The number of nitrogens with zero attached hydrogens (tertiary/aromatic N) is 2. The normalized spacial score (nSPS) is 9.91. The van der Waals surface area contributed by atoms with E-state index in [1.807, 2.05) is 11.6 Å². The lowest BCUT2D eigenvalue weighted by molar-refractivity contribution is 0.111. The Balaban J connectivity index is 2.51. The molecule has 0 saturated heterocycles. The molecule has 60 valence electrons. The first-order valence-corrected chi connectivity index (χ1v) is 3.48. The highest BCUT2D eigenvalue weighted by Gasteiger charge is 1.94. The minimum atomic E-state index is 0.487. The van der Waals surface area contributed by atoms with Crippen molar-refractivity contribution in [2.45, 2.75) is 6.54 Å². The standard InChI is InChI=1S/C7H11N3O/c1-8-2-3-10-4-7(5-11)9-6-10/h4-6,8H,2-3H2,1H3. The molecule has 0 bridgehead atoms. The Kier molecular flexibility index (Phi) is 2.80. The minimum Gasteiger partial charge on any atom is -0.335 e. The summed E-state index contributed by atoms with van der Waals surface area (Å²) in [6.07, 6.45) is 4.13. The van der Waals surface area contributed by atoms with E-state index in [1.165, 1.54) is 0 Å². The minimum absolute atomic E-state index is 0.487. The summed E-state index contributed by atoms with van der Waals surface area (Å²) in [4.78, 5) is 14.1. The fourth-order valence-corrected chi connectivity index (χ4v) is 0.801. The highest BCUT2D eigenvalue weighted by Crippen LogP contribution is 1.90. The monoisotopic (exact) mass is 153 g/mol. The van der Waals surface area contributed by atoms with Crippen molar-refractivity contribution in [1.82, 2.24) is 14.9 Å². The van der Waals surface area contributed by atoms with Gasteiger partial charge in [-0.15, -0.1) is 0 Å². The number of aromatic nitrogens is 2. The maximum atomic E-state index is 10.2. The van der Waals surface area contributed by atoms with Gasteiger partial charge in [0.25, 0.3) is 0 Å².